The van der Waals surface area contributed by atoms with Gasteiger partial charge in [0, 0.05) is 26.3 Å². The lowest BCUT2D eigenvalue weighted by molar-refractivity contribution is -0.170. The zero-order valence-corrected chi connectivity index (χ0v) is 23.0. The number of amides is 2. The lowest BCUT2D eigenvalue weighted by atomic mass is 10.2. The molecule has 1 saturated heterocycles. The van der Waals surface area contributed by atoms with Crippen molar-refractivity contribution >= 4 is 12.0 Å². The minimum absolute atomic E-state index is 0.0590. The van der Waals surface area contributed by atoms with Gasteiger partial charge in [0.1, 0.15) is 18.9 Å². The predicted molar refractivity (Wildman–Crippen MR) is 142 cm³/mol. The Morgan fingerprint density at radius 1 is 1.10 bits per heavy atom. The van der Waals surface area contributed by atoms with E-state index in [2.05, 4.69) is 0 Å². The van der Waals surface area contributed by atoms with Gasteiger partial charge in [-0.05, 0) is 45.6 Å². The second-order valence-electron chi connectivity index (χ2n) is 10.5. The number of ether oxygens (including phenoxy) is 5. The topological polar surface area (TPSA) is 109 Å². The van der Waals surface area contributed by atoms with Crippen LogP contribution in [0, 0.1) is 0 Å². The van der Waals surface area contributed by atoms with E-state index < -0.39 is 29.3 Å². The van der Waals surface area contributed by atoms with E-state index in [9.17, 15) is 14.4 Å². The summed E-state index contributed by atoms with van der Waals surface area (Å²) >= 11 is 0. The highest BCUT2D eigenvalue weighted by molar-refractivity contribution is 5.98. The van der Waals surface area contributed by atoms with Gasteiger partial charge in [0.05, 0.1) is 18.9 Å². The van der Waals surface area contributed by atoms with Gasteiger partial charge in [-0.25, -0.2) is 9.47 Å². The molecule has 0 aliphatic carbocycles. The second-order valence-corrected chi connectivity index (χ2v) is 10.5. The Morgan fingerprint density at radius 2 is 1.87 bits per heavy atom. The number of pyridine rings is 1. The van der Waals surface area contributed by atoms with E-state index in [1.165, 1.54) is 27.8 Å². The summed E-state index contributed by atoms with van der Waals surface area (Å²) in [5.41, 5.74) is -0.238. The van der Waals surface area contributed by atoms with Gasteiger partial charge in [-0.2, -0.15) is 5.01 Å². The van der Waals surface area contributed by atoms with Crippen molar-refractivity contribution in [3.63, 3.8) is 0 Å². The molecule has 2 aromatic rings. The fourth-order valence-corrected chi connectivity index (χ4v) is 4.36. The van der Waals surface area contributed by atoms with Crippen molar-refractivity contribution in [1.29, 1.82) is 0 Å². The minimum atomic E-state index is -0.797. The smallest absolute Gasteiger partial charge is 0.431 e. The highest BCUT2D eigenvalue weighted by atomic mass is 16.7. The molecule has 1 aromatic carbocycles. The van der Waals surface area contributed by atoms with Gasteiger partial charge >= 0.3 is 6.09 Å². The van der Waals surface area contributed by atoms with Crippen LogP contribution in [0.5, 0.6) is 5.75 Å². The van der Waals surface area contributed by atoms with Crippen LogP contribution in [-0.2, 0) is 32.2 Å². The van der Waals surface area contributed by atoms with Crippen LogP contribution in [0.1, 0.15) is 61.8 Å². The molecule has 0 saturated carbocycles. The van der Waals surface area contributed by atoms with E-state index in [0.717, 1.165) is 24.8 Å². The maximum atomic E-state index is 13.8. The van der Waals surface area contributed by atoms with Crippen molar-refractivity contribution in [3.05, 3.63) is 63.6 Å². The molecule has 39 heavy (non-hydrogen) atoms. The van der Waals surface area contributed by atoms with Crippen LogP contribution in [0.2, 0.25) is 0 Å². The largest absolute Gasteiger partial charge is 0.482 e. The van der Waals surface area contributed by atoms with Gasteiger partial charge in [-0.3, -0.25) is 9.59 Å². The van der Waals surface area contributed by atoms with Crippen LogP contribution in [0.4, 0.5) is 4.79 Å². The summed E-state index contributed by atoms with van der Waals surface area (Å²) < 4.78 is 29.9. The zero-order valence-electron chi connectivity index (χ0n) is 23.0. The first-order valence-corrected chi connectivity index (χ1v) is 13.2. The third-order valence-electron chi connectivity index (χ3n) is 6.21. The summed E-state index contributed by atoms with van der Waals surface area (Å²) in [6.07, 6.45) is 1.51. The molecule has 2 amide bonds. The summed E-state index contributed by atoms with van der Waals surface area (Å²) in [5.74, 6) is -0.625. The highest BCUT2D eigenvalue weighted by Crippen LogP contribution is 2.26. The van der Waals surface area contributed by atoms with Crippen LogP contribution >= 0.6 is 0 Å². The number of methoxy groups -OCH3 is 1. The van der Waals surface area contributed by atoms with E-state index in [1.807, 2.05) is 30.3 Å². The molecule has 2 aliphatic heterocycles. The zero-order chi connectivity index (χ0) is 28.0. The Morgan fingerprint density at radius 3 is 2.54 bits per heavy atom. The number of carbonyl (C=O) groups is 2. The van der Waals surface area contributed by atoms with Crippen LogP contribution in [0.25, 0.3) is 0 Å². The molecule has 11 nitrogen and oxygen atoms in total. The van der Waals surface area contributed by atoms with Gasteiger partial charge in [0.15, 0.2) is 17.7 Å². The van der Waals surface area contributed by atoms with Crippen molar-refractivity contribution in [2.24, 2.45) is 0 Å². The number of carbonyl (C=O) groups excluding carboxylic acids is 2. The normalized spacial score (nSPS) is 17.6. The van der Waals surface area contributed by atoms with Crippen LogP contribution < -0.4 is 15.2 Å². The SMILES string of the molecule is COCCN1CN(C(=O)OC(C)(C)C)n2c(COC3CCCCO3)cc(=O)c(OCc3ccccc3)c2C1=O. The quantitative estimate of drug-likeness (QED) is 0.474. The Hall–Kier alpha value is -3.41. The molecule has 1 atom stereocenters. The Labute approximate surface area is 228 Å². The van der Waals surface area contributed by atoms with E-state index in [0.29, 0.717) is 12.3 Å². The van der Waals surface area contributed by atoms with E-state index in [1.54, 1.807) is 20.8 Å². The van der Waals surface area contributed by atoms with Gasteiger partial charge in [-0.15, -0.1) is 0 Å². The molecule has 212 valence electrons. The van der Waals surface area contributed by atoms with Gasteiger partial charge in [0.2, 0.25) is 5.43 Å². The fourth-order valence-electron chi connectivity index (χ4n) is 4.36. The lowest BCUT2D eigenvalue weighted by Gasteiger charge is -2.40. The number of aromatic nitrogens is 1. The number of nitrogens with zero attached hydrogens (tertiary/aromatic N) is 3. The third kappa shape index (κ3) is 7.17. The summed E-state index contributed by atoms with van der Waals surface area (Å²) in [6.45, 7) is 6.18. The van der Waals surface area contributed by atoms with Gasteiger partial charge in [0.25, 0.3) is 5.91 Å². The minimum Gasteiger partial charge on any atom is -0.482 e. The number of hydrogen-bond acceptors (Lipinski definition) is 8. The Kier molecular flexibility index (Phi) is 9.26. The number of hydrogen-bond donors (Lipinski definition) is 0. The maximum Gasteiger partial charge on any atom is 0.431 e. The molecular formula is C28H37N3O8. The number of fused-ring (bicyclic) bond motifs is 1. The van der Waals surface area contributed by atoms with Gasteiger partial charge < -0.3 is 28.6 Å². The number of benzene rings is 1. The first-order chi connectivity index (χ1) is 18.7. The number of rotatable bonds is 9. The molecule has 4 rings (SSSR count). The molecule has 1 aromatic heterocycles. The Bertz CT molecular complexity index is 1200. The van der Waals surface area contributed by atoms with Crippen molar-refractivity contribution in [3.8, 4) is 5.75 Å². The molecule has 3 heterocycles. The molecular weight excluding hydrogens is 506 g/mol. The van der Waals surface area contributed by atoms with Crippen LogP contribution in [-0.4, -0.2) is 67.0 Å². The first-order valence-electron chi connectivity index (χ1n) is 13.2. The van der Waals surface area contributed by atoms with E-state index in [4.69, 9.17) is 23.7 Å². The van der Waals surface area contributed by atoms with Gasteiger partial charge in [-0.1, -0.05) is 30.3 Å². The summed E-state index contributed by atoms with van der Waals surface area (Å²) in [4.78, 5) is 42.1. The Balaban J connectivity index is 1.79. The standard InChI is InChI=1S/C28H37N3O8/c1-28(2,3)39-27(34)30-19-29(13-15-35-4)26(33)24-25(38-17-20-10-6-5-7-11-20)22(32)16-21(31(24)30)18-37-23-12-8-9-14-36-23/h5-7,10-11,16,23H,8-9,12-15,17-19H2,1-4H3. The maximum absolute atomic E-state index is 13.8. The predicted octanol–water partition coefficient (Wildman–Crippen LogP) is 3.40. The van der Waals surface area contributed by atoms with Crippen molar-refractivity contribution < 1.29 is 33.3 Å². The lowest BCUT2D eigenvalue weighted by Crippen LogP contribution is -2.59. The first kappa shape index (κ1) is 28.6. The van der Waals surface area contributed by atoms with Crippen LogP contribution in [0.15, 0.2) is 41.2 Å². The van der Waals surface area contributed by atoms with Crippen molar-refractivity contribution in [1.82, 2.24) is 9.58 Å². The highest BCUT2D eigenvalue weighted by Gasteiger charge is 2.39. The molecule has 0 bridgehead atoms. The molecule has 1 fully saturated rings. The molecule has 0 radical (unpaired) electrons. The molecule has 11 heteroatoms. The molecule has 0 spiro atoms. The third-order valence-corrected chi connectivity index (χ3v) is 6.21. The summed E-state index contributed by atoms with van der Waals surface area (Å²) in [6, 6.07) is 10.6. The monoisotopic (exact) mass is 543 g/mol. The second kappa shape index (κ2) is 12.6. The van der Waals surface area contributed by atoms with Crippen molar-refractivity contribution in [2.45, 2.75) is 65.1 Å². The molecule has 0 N–H and O–H groups in total. The average molecular weight is 544 g/mol. The van der Waals surface area contributed by atoms with E-state index >= 15 is 0 Å². The summed E-state index contributed by atoms with van der Waals surface area (Å²) in [7, 11) is 1.52. The molecule has 2 aliphatic rings. The van der Waals surface area contributed by atoms with Crippen molar-refractivity contribution in [2.75, 3.05) is 38.5 Å². The molecule has 1 unspecified atom stereocenters. The van der Waals surface area contributed by atoms with Crippen LogP contribution in [0.3, 0.4) is 0 Å². The van der Waals surface area contributed by atoms with E-state index in [-0.39, 0.29) is 44.5 Å². The fraction of sp³-hybridized carbons (Fsp3) is 0.536. The average Bonchev–Trinajstić information content (AvgIpc) is 2.91. The summed E-state index contributed by atoms with van der Waals surface area (Å²) in [5, 5.41) is 1.28.